The van der Waals surface area contributed by atoms with Crippen LogP contribution < -0.4 is 0 Å². The molecule has 0 unspecified atom stereocenters. The Kier molecular flexibility index (Phi) is 5.44. The molecule has 0 aliphatic rings. The first-order valence-corrected chi connectivity index (χ1v) is 7.78. The summed E-state index contributed by atoms with van der Waals surface area (Å²) in [6.45, 7) is 8.01. The Morgan fingerprint density at radius 3 is 2.80 bits per heavy atom. The molecular weight excluding hydrogens is 272 g/mol. The van der Waals surface area contributed by atoms with Crippen molar-refractivity contribution < 1.29 is 4.74 Å². The third-order valence-electron chi connectivity index (χ3n) is 3.33. The van der Waals surface area contributed by atoms with Crippen LogP contribution in [0.1, 0.15) is 38.1 Å². The molecule has 4 heteroatoms. The highest BCUT2D eigenvalue weighted by atomic mass is 35.5. The zero-order chi connectivity index (χ0) is 14.5. The molecule has 3 nitrogen and oxygen atoms in total. The Bertz CT molecular complexity index is 563. The Morgan fingerprint density at radius 2 is 2.10 bits per heavy atom. The minimum Gasteiger partial charge on any atom is -0.379 e. The van der Waals surface area contributed by atoms with Crippen molar-refractivity contribution in [3.63, 3.8) is 0 Å². The fraction of sp³-hybridized carbons (Fsp3) is 0.562. The van der Waals surface area contributed by atoms with E-state index < -0.39 is 0 Å². The molecule has 0 saturated heterocycles. The zero-order valence-electron chi connectivity index (χ0n) is 12.5. The van der Waals surface area contributed by atoms with Gasteiger partial charge in [0.15, 0.2) is 0 Å². The third-order valence-corrected chi connectivity index (χ3v) is 3.57. The molecule has 2 rings (SSSR count). The number of alkyl halides is 1. The number of halogens is 1. The Balaban J connectivity index is 2.06. The lowest BCUT2D eigenvalue weighted by Crippen LogP contribution is -2.07. The summed E-state index contributed by atoms with van der Waals surface area (Å²) in [5, 5.41) is 0. The van der Waals surface area contributed by atoms with Gasteiger partial charge < -0.3 is 9.30 Å². The van der Waals surface area contributed by atoms with Crippen molar-refractivity contribution in [1.82, 2.24) is 9.55 Å². The number of hydrogen-bond donors (Lipinski definition) is 0. The molecule has 0 saturated carbocycles. The first-order valence-electron chi connectivity index (χ1n) is 7.25. The quantitative estimate of drug-likeness (QED) is 0.563. The molecule has 1 heterocycles. The maximum Gasteiger partial charge on any atom is 0.124 e. The average molecular weight is 295 g/mol. The van der Waals surface area contributed by atoms with E-state index in [1.165, 1.54) is 11.1 Å². The van der Waals surface area contributed by atoms with E-state index >= 15 is 0 Å². The van der Waals surface area contributed by atoms with Crippen molar-refractivity contribution in [3.05, 3.63) is 29.6 Å². The first kappa shape index (κ1) is 15.3. The molecule has 0 radical (unpaired) electrons. The van der Waals surface area contributed by atoms with Crippen LogP contribution in [0.3, 0.4) is 0 Å². The molecule has 2 aromatic rings. The lowest BCUT2D eigenvalue weighted by molar-refractivity contribution is 0.0754. The van der Waals surface area contributed by atoms with Gasteiger partial charge in [0, 0.05) is 13.2 Å². The molecule has 0 aliphatic heterocycles. The third kappa shape index (κ3) is 3.74. The van der Waals surface area contributed by atoms with Gasteiger partial charge in [0.2, 0.25) is 0 Å². The predicted molar refractivity (Wildman–Crippen MR) is 84.3 cm³/mol. The van der Waals surface area contributed by atoms with Gasteiger partial charge in [0.1, 0.15) is 5.82 Å². The number of ether oxygens (including phenoxy) is 1. The zero-order valence-corrected chi connectivity index (χ0v) is 13.3. The Labute approximate surface area is 125 Å². The van der Waals surface area contributed by atoms with Gasteiger partial charge in [-0.25, -0.2) is 4.98 Å². The monoisotopic (exact) mass is 294 g/mol. The number of aryl methyl sites for hydroxylation is 2. The van der Waals surface area contributed by atoms with Crippen molar-refractivity contribution in [2.45, 2.75) is 52.1 Å². The second kappa shape index (κ2) is 7.09. The maximum absolute atomic E-state index is 6.02. The summed E-state index contributed by atoms with van der Waals surface area (Å²) in [5.41, 5.74) is 3.47. The molecule has 0 bridgehead atoms. The fourth-order valence-electron chi connectivity index (χ4n) is 2.33. The molecule has 0 amide bonds. The summed E-state index contributed by atoms with van der Waals surface area (Å²) in [5.74, 6) is 1.41. The van der Waals surface area contributed by atoms with Gasteiger partial charge in [-0.15, -0.1) is 11.6 Å². The number of rotatable bonds is 7. The molecule has 0 atom stereocenters. The van der Waals surface area contributed by atoms with Crippen LogP contribution >= 0.6 is 11.6 Å². The summed E-state index contributed by atoms with van der Waals surface area (Å²) in [7, 11) is 0. The topological polar surface area (TPSA) is 27.1 Å². The number of aromatic nitrogens is 2. The first-order chi connectivity index (χ1) is 9.61. The minimum atomic E-state index is 0.310. The number of fused-ring (bicyclic) bond motifs is 1. The molecule has 110 valence electrons. The Hall–Kier alpha value is -1.06. The van der Waals surface area contributed by atoms with Gasteiger partial charge in [-0.2, -0.15) is 0 Å². The lowest BCUT2D eigenvalue weighted by Gasteiger charge is -2.10. The smallest absolute Gasteiger partial charge is 0.124 e. The van der Waals surface area contributed by atoms with Crippen LogP contribution in [0.4, 0.5) is 0 Å². The van der Waals surface area contributed by atoms with Gasteiger partial charge in [-0.3, -0.25) is 0 Å². The second-order valence-electron chi connectivity index (χ2n) is 5.43. The highest BCUT2D eigenvalue weighted by Crippen LogP contribution is 2.20. The van der Waals surface area contributed by atoms with Crippen LogP contribution in [0, 0.1) is 6.92 Å². The maximum atomic E-state index is 6.02. The SMILES string of the molecule is Cc1ccc2nc(CCl)n(CCCCOC(C)C)c2c1. The van der Waals surface area contributed by atoms with Crippen LogP contribution in [0.2, 0.25) is 0 Å². The second-order valence-corrected chi connectivity index (χ2v) is 5.70. The highest BCUT2D eigenvalue weighted by molar-refractivity contribution is 6.16. The van der Waals surface area contributed by atoms with Gasteiger partial charge in [-0.05, 0) is 51.3 Å². The van der Waals surface area contributed by atoms with Crippen LogP contribution in [0.15, 0.2) is 18.2 Å². The summed E-state index contributed by atoms with van der Waals surface area (Å²) in [6.07, 6.45) is 2.45. The summed E-state index contributed by atoms with van der Waals surface area (Å²) in [6, 6.07) is 6.34. The number of benzene rings is 1. The van der Waals surface area contributed by atoms with Crippen LogP contribution in [0.25, 0.3) is 11.0 Å². The Morgan fingerprint density at radius 1 is 1.30 bits per heavy atom. The molecule has 0 spiro atoms. The van der Waals surface area contributed by atoms with Crippen molar-refractivity contribution in [1.29, 1.82) is 0 Å². The van der Waals surface area contributed by atoms with Gasteiger partial charge in [0.05, 0.1) is 23.0 Å². The van der Waals surface area contributed by atoms with Gasteiger partial charge >= 0.3 is 0 Å². The van der Waals surface area contributed by atoms with Crippen LogP contribution in [0.5, 0.6) is 0 Å². The van der Waals surface area contributed by atoms with E-state index in [4.69, 9.17) is 16.3 Å². The average Bonchev–Trinajstić information content (AvgIpc) is 2.75. The van der Waals surface area contributed by atoms with E-state index in [9.17, 15) is 0 Å². The van der Waals surface area contributed by atoms with Crippen LogP contribution in [-0.2, 0) is 17.2 Å². The normalized spacial score (nSPS) is 11.7. The van der Waals surface area contributed by atoms with Crippen molar-refractivity contribution in [2.75, 3.05) is 6.61 Å². The molecular formula is C16H23ClN2O. The van der Waals surface area contributed by atoms with E-state index in [0.29, 0.717) is 12.0 Å². The largest absolute Gasteiger partial charge is 0.379 e. The van der Waals surface area contributed by atoms with Crippen molar-refractivity contribution >= 4 is 22.6 Å². The van der Waals surface area contributed by atoms with E-state index in [2.05, 4.69) is 48.5 Å². The molecule has 0 fully saturated rings. The summed E-state index contributed by atoms with van der Waals surface area (Å²) >= 11 is 6.02. The fourth-order valence-corrected chi connectivity index (χ4v) is 2.53. The van der Waals surface area contributed by atoms with E-state index in [-0.39, 0.29) is 0 Å². The van der Waals surface area contributed by atoms with Crippen LogP contribution in [-0.4, -0.2) is 22.3 Å². The molecule has 20 heavy (non-hydrogen) atoms. The lowest BCUT2D eigenvalue weighted by atomic mass is 10.2. The number of nitrogens with zero attached hydrogens (tertiary/aromatic N) is 2. The van der Waals surface area contributed by atoms with Gasteiger partial charge in [-0.1, -0.05) is 6.07 Å². The number of unbranched alkanes of at least 4 members (excludes halogenated alkanes) is 1. The predicted octanol–water partition coefficient (Wildman–Crippen LogP) is 4.29. The summed E-state index contributed by atoms with van der Waals surface area (Å²) < 4.78 is 7.81. The molecule has 0 aliphatic carbocycles. The standard InChI is InChI=1S/C16H23ClN2O/c1-12(2)20-9-5-4-8-19-15-10-13(3)6-7-14(15)18-16(19)11-17/h6-7,10,12H,4-5,8-9,11H2,1-3H3. The number of imidazole rings is 1. The van der Waals surface area contributed by atoms with E-state index in [0.717, 1.165) is 37.3 Å². The van der Waals surface area contributed by atoms with Crippen molar-refractivity contribution in [3.8, 4) is 0 Å². The molecule has 0 N–H and O–H groups in total. The number of hydrogen-bond acceptors (Lipinski definition) is 2. The van der Waals surface area contributed by atoms with Gasteiger partial charge in [0.25, 0.3) is 0 Å². The van der Waals surface area contributed by atoms with E-state index in [1.54, 1.807) is 0 Å². The minimum absolute atomic E-state index is 0.310. The molecule has 1 aromatic carbocycles. The molecule has 1 aromatic heterocycles. The van der Waals surface area contributed by atoms with Crippen molar-refractivity contribution in [2.24, 2.45) is 0 Å². The highest BCUT2D eigenvalue weighted by Gasteiger charge is 2.09. The summed E-state index contributed by atoms with van der Waals surface area (Å²) in [4.78, 5) is 4.60. The van der Waals surface area contributed by atoms with E-state index in [1.807, 2.05) is 0 Å².